The van der Waals surface area contributed by atoms with Crippen molar-refractivity contribution in [3.05, 3.63) is 23.9 Å². The zero-order chi connectivity index (χ0) is 14.3. The number of rotatable bonds is 2. The molecule has 1 aromatic heterocycles. The van der Waals surface area contributed by atoms with Gasteiger partial charge in [-0.25, -0.2) is 4.98 Å². The lowest BCUT2D eigenvalue weighted by molar-refractivity contribution is 0.0752. The molecule has 5 heteroatoms. The maximum atomic E-state index is 12.5. The smallest absolute Gasteiger partial charge is 0.255 e. The lowest BCUT2D eigenvalue weighted by Gasteiger charge is -2.19. The maximum absolute atomic E-state index is 12.5. The zero-order valence-corrected chi connectivity index (χ0v) is 12.0. The summed E-state index contributed by atoms with van der Waals surface area (Å²) in [6.45, 7) is 1.45. The van der Waals surface area contributed by atoms with Crippen LogP contribution in [0, 0.1) is 11.8 Å². The number of anilines is 1. The van der Waals surface area contributed by atoms with Gasteiger partial charge in [0, 0.05) is 39.3 Å². The second kappa shape index (κ2) is 5.05. The molecule has 2 fully saturated rings. The number of carbonyl (C=O) groups is 1. The fourth-order valence-corrected chi connectivity index (χ4v) is 3.36. The Balaban J connectivity index is 1.70. The van der Waals surface area contributed by atoms with E-state index in [1.807, 2.05) is 36.0 Å². The van der Waals surface area contributed by atoms with Crippen LogP contribution in [0.3, 0.4) is 0 Å². The molecule has 0 spiro atoms. The fourth-order valence-electron chi connectivity index (χ4n) is 3.36. The minimum Gasteiger partial charge on any atom is -0.393 e. The third-order valence-electron chi connectivity index (χ3n) is 4.56. The average molecular weight is 275 g/mol. The molecule has 1 aromatic rings. The van der Waals surface area contributed by atoms with Gasteiger partial charge in [0.05, 0.1) is 11.7 Å². The van der Waals surface area contributed by atoms with E-state index >= 15 is 0 Å². The predicted molar refractivity (Wildman–Crippen MR) is 76.7 cm³/mol. The lowest BCUT2D eigenvalue weighted by Crippen LogP contribution is -2.31. The van der Waals surface area contributed by atoms with Crippen molar-refractivity contribution in [2.45, 2.75) is 18.9 Å². The van der Waals surface area contributed by atoms with Crippen LogP contribution in [0.2, 0.25) is 0 Å². The van der Waals surface area contributed by atoms with E-state index in [4.69, 9.17) is 0 Å². The van der Waals surface area contributed by atoms with E-state index in [1.165, 1.54) is 0 Å². The van der Waals surface area contributed by atoms with E-state index in [2.05, 4.69) is 4.98 Å². The lowest BCUT2D eigenvalue weighted by atomic mass is 10.00. The van der Waals surface area contributed by atoms with Gasteiger partial charge in [-0.1, -0.05) is 0 Å². The summed E-state index contributed by atoms with van der Waals surface area (Å²) in [4.78, 5) is 20.5. The van der Waals surface area contributed by atoms with Crippen LogP contribution >= 0.6 is 0 Å². The van der Waals surface area contributed by atoms with Gasteiger partial charge in [-0.2, -0.15) is 0 Å². The minimum atomic E-state index is -0.230. The van der Waals surface area contributed by atoms with Crippen LogP contribution in [0.5, 0.6) is 0 Å². The maximum Gasteiger partial charge on any atom is 0.255 e. The summed E-state index contributed by atoms with van der Waals surface area (Å²) in [5, 5.41) is 9.91. The molecule has 1 aliphatic carbocycles. The summed E-state index contributed by atoms with van der Waals surface area (Å²) in [5.74, 6) is 1.62. The van der Waals surface area contributed by atoms with Crippen LogP contribution in [-0.2, 0) is 0 Å². The Morgan fingerprint density at radius 1 is 1.35 bits per heavy atom. The van der Waals surface area contributed by atoms with Crippen LogP contribution < -0.4 is 4.90 Å². The summed E-state index contributed by atoms with van der Waals surface area (Å²) >= 11 is 0. The van der Waals surface area contributed by atoms with Crippen molar-refractivity contribution in [2.75, 3.05) is 32.1 Å². The highest BCUT2D eigenvalue weighted by atomic mass is 16.3. The van der Waals surface area contributed by atoms with Gasteiger partial charge in [0.15, 0.2) is 0 Å². The number of likely N-dealkylation sites (tertiary alicyclic amines) is 1. The number of aliphatic hydroxyl groups excluding tert-OH is 1. The standard InChI is InChI=1S/C15H21N3O2/c1-17(2)14-6-4-10(7-16-14)15(20)18-8-11-3-5-13(19)12(11)9-18/h4,6-7,11-13,19H,3,5,8-9H2,1-2H3. The number of fused-ring (bicyclic) bond motifs is 1. The van der Waals surface area contributed by atoms with Crippen LogP contribution in [0.15, 0.2) is 18.3 Å². The Hall–Kier alpha value is -1.62. The Bertz CT molecular complexity index is 500. The van der Waals surface area contributed by atoms with Crippen LogP contribution in [0.4, 0.5) is 5.82 Å². The van der Waals surface area contributed by atoms with Crippen molar-refractivity contribution in [2.24, 2.45) is 11.8 Å². The number of pyridine rings is 1. The van der Waals surface area contributed by atoms with Crippen LogP contribution in [-0.4, -0.2) is 54.2 Å². The summed E-state index contributed by atoms with van der Waals surface area (Å²) in [5.41, 5.74) is 0.630. The normalized spacial score (nSPS) is 28.6. The first-order chi connectivity index (χ1) is 9.56. The summed E-state index contributed by atoms with van der Waals surface area (Å²) in [6, 6.07) is 3.69. The topological polar surface area (TPSA) is 56.7 Å². The van der Waals surface area contributed by atoms with E-state index in [0.717, 1.165) is 25.2 Å². The number of amides is 1. The molecule has 3 rings (SSSR count). The van der Waals surface area contributed by atoms with Crippen molar-refractivity contribution >= 4 is 11.7 Å². The molecule has 2 heterocycles. The number of hydrogen-bond acceptors (Lipinski definition) is 4. The molecule has 1 saturated heterocycles. The van der Waals surface area contributed by atoms with Gasteiger partial charge in [0.2, 0.25) is 0 Å². The Labute approximate surface area is 119 Å². The summed E-state index contributed by atoms with van der Waals surface area (Å²) in [7, 11) is 3.85. The van der Waals surface area contributed by atoms with Gasteiger partial charge in [0.25, 0.3) is 5.91 Å². The second-order valence-corrected chi connectivity index (χ2v) is 6.08. The van der Waals surface area contributed by atoms with Gasteiger partial charge in [-0.05, 0) is 30.9 Å². The molecule has 0 bridgehead atoms. The predicted octanol–water partition coefficient (Wildman–Crippen LogP) is 0.991. The Kier molecular flexibility index (Phi) is 3.38. The third kappa shape index (κ3) is 2.26. The molecule has 3 unspecified atom stereocenters. The van der Waals surface area contributed by atoms with Crippen molar-refractivity contribution in [3.63, 3.8) is 0 Å². The molecule has 108 valence electrons. The molecule has 20 heavy (non-hydrogen) atoms. The van der Waals surface area contributed by atoms with Gasteiger partial charge in [-0.15, -0.1) is 0 Å². The number of aromatic nitrogens is 1. The molecule has 1 N–H and O–H groups in total. The number of carbonyl (C=O) groups excluding carboxylic acids is 1. The first-order valence-electron chi connectivity index (χ1n) is 7.17. The van der Waals surface area contributed by atoms with Crippen molar-refractivity contribution < 1.29 is 9.90 Å². The molecule has 1 aliphatic heterocycles. The van der Waals surface area contributed by atoms with E-state index in [9.17, 15) is 9.90 Å². The first-order valence-corrected chi connectivity index (χ1v) is 7.17. The third-order valence-corrected chi connectivity index (χ3v) is 4.56. The van der Waals surface area contributed by atoms with E-state index in [-0.39, 0.29) is 17.9 Å². The number of aliphatic hydroxyl groups is 1. The highest BCUT2D eigenvalue weighted by molar-refractivity contribution is 5.94. The van der Waals surface area contributed by atoms with Crippen molar-refractivity contribution in [3.8, 4) is 0 Å². The van der Waals surface area contributed by atoms with Crippen molar-refractivity contribution in [1.29, 1.82) is 0 Å². The van der Waals surface area contributed by atoms with Crippen molar-refractivity contribution in [1.82, 2.24) is 9.88 Å². The average Bonchev–Trinajstić information content (AvgIpc) is 3.01. The molecule has 2 aliphatic rings. The van der Waals surface area contributed by atoms with Gasteiger partial charge in [0.1, 0.15) is 5.82 Å². The largest absolute Gasteiger partial charge is 0.393 e. The number of hydrogen-bond donors (Lipinski definition) is 1. The molecule has 1 saturated carbocycles. The molecule has 0 radical (unpaired) electrons. The summed E-state index contributed by atoms with van der Waals surface area (Å²) < 4.78 is 0. The Morgan fingerprint density at radius 3 is 2.75 bits per heavy atom. The monoisotopic (exact) mass is 275 g/mol. The second-order valence-electron chi connectivity index (χ2n) is 6.08. The molecular formula is C15H21N3O2. The Morgan fingerprint density at radius 2 is 2.15 bits per heavy atom. The SMILES string of the molecule is CN(C)c1ccc(C(=O)N2CC3CCC(O)C3C2)cn1. The van der Waals surface area contributed by atoms with E-state index in [0.29, 0.717) is 18.0 Å². The quantitative estimate of drug-likeness (QED) is 0.874. The van der Waals surface area contributed by atoms with Crippen LogP contribution in [0.25, 0.3) is 0 Å². The van der Waals surface area contributed by atoms with E-state index < -0.39 is 0 Å². The molecule has 5 nitrogen and oxygen atoms in total. The highest BCUT2D eigenvalue weighted by Gasteiger charge is 2.43. The minimum absolute atomic E-state index is 0.0319. The van der Waals surface area contributed by atoms with Gasteiger partial charge < -0.3 is 14.9 Å². The molecule has 3 atom stereocenters. The molecule has 1 amide bonds. The van der Waals surface area contributed by atoms with E-state index in [1.54, 1.807) is 6.20 Å². The number of nitrogens with zero attached hydrogens (tertiary/aromatic N) is 3. The molecular weight excluding hydrogens is 254 g/mol. The fraction of sp³-hybridized carbons (Fsp3) is 0.600. The highest BCUT2D eigenvalue weighted by Crippen LogP contribution is 2.38. The van der Waals surface area contributed by atoms with Gasteiger partial charge in [-0.3, -0.25) is 4.79 Å². The van der Waals surface area contributed by atoms with Crippen LogP contribution in [0.1, 0.15) is 23.2 Å². The zero-order valence-electron chi connectivity index (χ0n) is 12.0. The van der Waals surface area contributed by atoms with Gasteiger partial charge >= 0.3 is 0 Å². The molecule has 0 aromatic carbocycles. The first kappa shape index (κ1) is 13.4. The summed E-state index contributed by atoms with van der Waals surface area (Å²) in [6.07, 6.45) is 3.33.